The maximum atomic E-state index is 14.0. The van der Waals surface area contributed by atoms with Gasteiger partial charge in [0.1, 0.15) is 23.5 Å². The van der Waals surface area contributed by atoms with Gasteiger partial charge in [-0.05, 0) is 36.8 Å². The van der Waals surface area contributed by atoms with Crippen molar-refractivity contribution in [2.24, 2.45) is 5.10 Å². The fourth-order valence-electron chi connectivity index (χ4n) is 3.19. The van der Waals surface area contributed by atoms with Crippen molar-refractivity contribution >= 4 is 23.5 Å². The van der Waals surface area contributed by atoms with Crippen molar-refractivity contribution in [1.29, 1.82) is 0 Å². The third kappa shape index (κ3) is 2.69. The van der Waals surface area contributed by atoms with Crippen molar-refractivity contribution in [3.63, 3.8) is 0 Å². The van der Waals surface area contributed by atoms with Gasteiger partial charge in [-0.2, -0.15) is 0 Å². The summed E-state index contributed by atoms with van der Waals surface area (Å²) in [6.07, 6.45) is 9.92. The van der Waals surface area contributed by atoms with E-state index in [9.17, 15) is 13.6 Å². The van der Waals surface area contributed by atoms with Gasteiger partial charge in [0.25, 0.3) is 0 Å². The number of pyridine rings is 1. The molecule has 1 aromatic carbocycles. The largest absolute Gasteiger partial charge is 0.457 e. The first-order chi connectivity index (χ1) is 13.0. The number of aromatic nitrogens is 1. The first-order valence-corrected chi connectivity index (χ1v) is 8.24. The van der Waals surface area contributed by atoms with E-state index < -0.39 is 27.9 Å². The Morgan fingerprint density at radius 1 is 1.15 bits per heavy atom. The lowest BCUT2D eigenvalue weighted by Gasteiger charge is -2.29. The van der Waals surface area contributed by atoms with E-state index in [1.54, 1.807) is 36.8 Å². The molecule has 0 bridgehead atoms. The number of carbonyl (C=O) groups is 1. The Bertz CT molecular complexity index is 1040. The summed E-state index contributed by atoms with van der Waals surface area (Å²) in [6, 6.07) is 6.39. The molecule has 3 heterocycles. The Hall–Kier alpha value is -3.45. The van der Waals surface area contributed by atoms with Crippen molar-refractivity contribution in [3.8, 4) is 0 Å². The number of para-hydroxylation sites is 1. The number of halogens is 2. The van der Waals surface area contributed by atoms with Crippen LogP contribution in [0.15, 0.2) is 77.4 Å². The second-order valence-electron chi connectivity index (χ2n) is 6.14. The molecular formula is C20H15F2N4O+. The third-order valence-electron chi connectivity index (χ3n) is 4.49. The predicted octanol–water partition coefficient (Wildman–Crippen LogP) is 4.59. The Balaban J connectivity index is 1.75. The standard InChI is InChI=1S/C20H14F2N4O/c1-13-8-11-26(20(27)25-19-15(21)5-2-6-16(19)22)17(7-10-24-26)18(13)14-4-3-9-23-12-14/h2-12H,1H3/p+1. The van der Waals surface area contributed by atoms with Gasteiger partial charge in [0.15, 0.2) is 5.70 Å². The molecule has 134 valence electrons. The number of anilines is 1. The molecular weight excluding hydrogens is 350 g/mol. The summed E-state index contributed by atoms with van der Waals surface area (Å²) < 4.78 is 27.4. The first-order valence-electron chi connectivity index (χ1n) is 8.24. The van der Waals surface area contributed by atoms with Gasteiger partial charge in [-0.15, -0.1) is 0 Å². The predicted molar refractivity (Wildman–Crippen MR) is 98.2 cm³/mol. The van der Waals surface area contributed by atoms with Crippen molar-refractivity contribution < 1.29 is 18.2 Å². The number of quaternary nitrogens is 1. The lowest BCUT2D eigenvalue weighted by molar-refractivity contribution is -0.754. The van der Waals surface area contributed by atoms with Crippen LogP contribution in [-0.4, -0.2) is 21.8 Å². The molecule has 0 spiro atoms. The number of nitrogens with zero attached hydrogens (tertiary/aromatic N) is 3. The van der Waals surface area contributed by atoms with Crippen molar-refractivity contribution in [3.05, 3.63) is 89.5 Å². The maximum absolute atomic E-state index is 14.0. The topological polar surface area (TPSA) is 54.4 Å². The van der Waals surface area contributed by atoms with Crippen LogP contribution in [0.5, 0.6) is 0 Å². The molecule has 1 aromatic heterocycles. The minimum absolute atomic E-state index is 0.501. The van der Waals surface area contributed by atoms with Gasteiger partial charge in [-0.25, -0.2) is 13.6 Å². The van der Waals surface area contributed by atoms with E-state index in [4.69, 9.17) is 0 Å². The van der Waals surface area contributed by atoms with E-state index in [-0.39, 0.29) is 0 Å². The van der Waals surface area contributed by atoms with E-state index in [2.05, 4.69) is 15.4 Å². The number of rotatable bonds is 2. The number of carbonyl (C=O) groups excluding carboxylic acids is 1. The molecule has 4 rings (SSSR count). The lowest BCUT2D eigenvalue weighted by atomic mass is 9.95. The number of fused-ring (bicyclic) bond motifs is 1. The van der Waals surface area contributed by atoms with Crippen molar-refractivity contribution in [2.45, 2.75) is 6.92 Å². The van der Waals surface area contributed by atoms with Crippen LogP contribution < -0.4 is 5.32 Å². The Labute approximate surface area is 154 Å². The molecule has 7 heteroatoms. The summed E-state index contributed by atoms with van der Waals surface area (Å²) in [4.78, 5) is 17.2. The molecule has 2 aromatic rings. The van der Waals surface area contributed by atoms with Crippen LogP contribution in [0.1, 0.15) is 12.5 Å². The minimum atomic E-state index is -0.851. The van der Waals surface area contributed by atoms with Gasteiger partial charge in [0.2, 0.25) is 0 Å². The summed E-state index contributed by atoms with van der Waals surface area (Å²) in [6.45, 7) is 1.92. The Morgan fingerprint density at radius 2 is 1.93 bits per heavy atom. The highest BCUT2D eigenvalue weighted by atomic mass is 19.1. The van der Waals surface area contributed by atoms with Gasteiger partial charge in [0, 0.05) is 24.0 Å². The van der Waals surface area contributed by atoms with Gasteiger partial charge < -0.3 is 0 Å². The normalized spacial score (nSPS) is 20.5. The second kappa shape index (κ2) is 6.37. The monoisotopic (exact) mass is 365 g/mol. The van der Waals surface area contributed by atoms with Gasteiger partial charge >= 0.3 is 6.03 Å². The smallest absolute Gasteiger partial charge is 0.267 e. The molecule has 0 aliphatic carbocycles. The van der Waals surface area contributed by atoms with Crippen LogP contribution in [0.4, 0.5) is 19.3 Å². The molecule has 1 atom stereocenters. The zero-order chi connectivity index (χ0) is 19.0. The first kappa shape index (κ1) is 17.0. The number of hydrogen-bond acceptors (Lipinski definition) is 3. The summed E-state index contributed by atoms with van der Waals surface area (Å²) >= 11 is 0. The average Bonchev–Trinajstić information content (AvgIpc) is 3.10. The Morgan fingerprint density at radius 3 is 2.63 bits per heavy atom. The van der Waals surface area contributed by atoms with Crippen LogP contribution in [0.3, 0.4) is 0 Å². The average molecular weight is 365 g/mol. The molecule has 27 heavy (non-hydrogen) atoms. The number of nitrogens with one attached hydrogen (secondary N) is 1. The van der Waals surface area contributed by atoms with Crippen LogP contribution in [0.2, 0.25) is 0 Å². The SMILES string of the molecule is CC1=C(c2cccnc2)C2=CC=N[N+]2(C(=O)Nc2c(F)cccc2F)C=C1. The number of benzene rings is 1. The molecule has 2 aliphatic heterocycles. The molecule has 0 saturated heterocycles. The molecule has 1 N–H and O–H groups in total. The second-order valence-corrected chi connectivity index (χ2v) is 6.14. The zero-order valence-electron chi connectivity index (χ0n) is 14.4. The van der Waals surface area contributed by atoms with Gasteiger partial charge in [-0.1, -0.05) is 21.8 Å². The number of urea groups is 1. The third-order valence-corrected chi connectivity index (χ3v) is 4.49. The highest BCUT2D eigenvalue weighted by Crippen LogP contribution is 2.41. The molecule has 2 aliphatic rings. The van der Waals surface area contributed by atoms with Gasteiger partial charge in [0.05, 0.1) is 11.8 Å². The van der Waals surface area contributed by atoms with Crippen LogP contribution in [-0.2, 0) is 0 Å². The van der Waals surface area contributed by atoms with E-state index in [1.165, 1.54) is 12.3 Å². The minimum Gasteiger partial charge on any atom is -0.267 e. The van der Waals surface area contributed by atoms with E-state index in [1.807, 2.05) is 13.0 Å². The molecule has 5 nitrogen and oxygen atoms in total. The van der Waals surface area contributed by atoms with Gasteiger partial charge in [-0.3, -0.25) is 10.3 Å². The molecule has 1 unspecified atom stereocenters. The molecule has 0 radical (unpaired) electrons. The van der Waals surface area contributed by atoms with E-state index in [0.717, 1.165) is 28.8 Å². The van der Waals surface area contributed by atoms with Crippen LogP contribution >= 0.6 is 0 Å². The van der Waals surface area contributed by atoms with Crippen molar-refractivity contribution in [1.82, 2.24) is 4.98 Å². The summed E-state index contributed by atoms with van der Waals surface area (Å²) in [5.41, 5.74) is 2.63. The van der Waals surface area contributed by atoms with E-state index in [0.29, 0.717) is 5.70 Å². The zero-order valence-corrected chi connectivity index (χ0v) is 14.4. The highest BCUT2D eigenvalue weighted by Gasteiger charge is 2.47. The number of allylic oxidation sites excluding steroid dienone is 4. The quantitative estimate of drug-likeness (QED) is 0.791. The van der Waals surface area contributed by atoms with Crippen LogP contribution in [0, 0.1) is 11.6 Å². The number of amides is 2. The van der Waals surface area contributed by atoms with Crippen LogP contribution in [0.25, 0.3) is 5.57 Å². The molecule has 2 amide bonds. The van der Waals surface area contributed by atoms with E-state index >= 15 is 0 Å². The highest BCUT2D eigenvalue weighted by molar-refractivity contribution is 5.95. The fraction of sp³-hybridized carbons (Fsp3) is 0.0500. The Kier molecular flexibility index (Phi) is 4.01. The maximum Gasteiger partial charge on any atom is 0.457 e. The summed E-state index contributed by atoms with van der Waals surface area (Å²) in [5, 5.41) is 6.61. The van der Waals surface area contributed by atoms with Crippen molar-refractivity contribution in [2.75, 3.05) is 5.32 Å². The summed E-state index contributed by atoms with van der Waals surface area (Å²) in [7, 11) is 0. The number of hydrogen-bond donors (Lipinski definition) is 1. The summed E-state index contributed by atoms with van der Waals surface area (Å²) in [5.74, 6) is -1.70. The lowest BCUT2D eigenvalue weighted by Crippen LogP contribution is -2.45. The molecule has 0 saturated carbocycles. The fourth-order valence-corrected chi connectivity index (χ4v) is 3.19. The molecule has 0 fully saturated rings.